The molecule has 0 bridgehead atoms. The first kappa shape index (κ1) is 15.3. The molecule has 1 aliphatic heterocycles. The number of rotatable bonds is 8. The van der Waals surface area contributed by atoms with Crippen LogP contribution in [0.3, 0.4) is 0 Å². The zero-order chi connectivity index (χ0) is 13.4. The Morgan fingerprint density at radius 3 is 2.83 bits per heavy atom. The largest absolute Gasteiger partial charge is 0.481 e. The lowest BCUT2D eigenvalue weighted by Gasteiger charge is -2.10. The molecule has 0 aliphatic carbocycles. The lowest BCUT2D eigenvalue weighted by molar-refractivity contribution is -0.133. The molecule has 104 valence electrons. The maximum atomic E-state index is 11.5. The van der Waals surface area contributed by atoms with Crippen molar-refractivity contribution >= 4 is 23.6 Å². The normalized spacial score (nSPS) is 22.9. The maximum absolute atomic E-state index is 11.5. The van der Waals surface area contributed by atoms with Crippen molar-refractivity contribution in [2.45, 2.75) is 44.8 Å². The Morgan fingerprint density at radius 2 is 2.22 bits per heavy atom. The molecular formula is C12H21NO4S. The highest BCUT2D eigenvalue weighted by Crippen LogP contribution is 2.22. The molecule has 1 rings (SSSR count). The van der Waals surface area contributed by atoms with Gasteiger partial charge in [-0.15, -0.1) is 11.8 Å². The number of aliphatic carboxylic acids is 1. The highest BCUT2D eigenvalue weighted by Gasteiger charge is 2.21. The van der Waals surface area contributed by atoms with Crippen molar-refractivity contribution in [3.8, 4) is 0 Å². The van der Waals surface area contributed by atoms with E-state index in [-0.39, 0.29) is 17.8 Å². The van der Waals surface area contributed by atoms with Gasteiger partial charge in [0.2, 0.25) is 5.91 Å². The molecule has 1 saturated heterocycles. The van der Waals surface area contributed by atoms with Gasteiger partial charge in [0.05, 0.1) is 18.0 Å². The van der Waals surface area contributed by atoms with Gasteiger partial charge in [0.1, 0.15) is 0 Å². The van der Waals surface area contributed by atoms with Crippen LogP contribution in [0.5, 0.6) is 0 Å². The molecule has 0 spiro atoms. The van der Waals surface area contributed by atoms with Crippen LogP contribution in [0.4, 0.5) is 0 Å². The molecule has 18 heavy (non-hydrogen) atoms. The Labute approximate surface area is 112 Å². The van der Waals surface area contributed by atoms with Crippen molar-refractivity contribution in [3.05, 3.63) is 0 Å². The Balaban J connectivity index is 1.95. The van der Waals surface area contributed by atoms with Gasteiger partial charge >= 0.3 is 5.97 Å². The molecular weight excluding hydrogens is 254 g/mol. The van der Waals surface area contributed by atoms with Crippen LogP contribution in [-0.4, -0.2) is 47.2 Å². The lowest BCUT2D eigenvalue weighted by Crippen LogP contribution is -2.26. The number of ether oxygens (including phenoxy) is 1. The summed E-state index contributed by atoms with van der Waals surface area (Å²) in [7, 11) is 0. The standard InChI is InChI=1S/C12H21NO4S/c1-9-2-3-10(17-9)4-5-11(14)13-6-7-18-8-12(15)16/h9-10H,2-8H2,1H3,(H,13,14)(H,15,16). The van der Waals surface area contributed by atoms with Crippen LogP contribution in [0.1, 0.15) is 32.6 Å². The molecule has 2 atom stereocenters. The van der Waals surface area contributed by atoms with Gasteiger partial charge in [-0.1, -0.05) is 0 Å². The molecule has 0 radical (unpaired) electrons. The number of thioether (sulfide) groups is 1. The summed E-state index contributed by atoms with van der Waals surface area (Å²) in [4.78, 5) is 21.7. The van der Waals surface area contributed by atoms with E-state index >= 15 is 0 Å². The van der Waals surface area contributed by atoms with E-state index in [0.29, 0.717) is 24.8 Å². The van der Waals surface area contributed by atoms with E-state index in [9.17, 15) is 9.59 Å². The SMILES string of the molecule is CC1CCC(CCC(=O)NCCSCC(=O)O)O1. The van der Waals surface area contributed by atoms with E-state index in [2.05, 4.69) is 12.2 Å². The Morgan fingerprint density at radius 1 is 1.44 bits per heavy atom. The van der Waals surface area contributed by atoms with Crippen LogP contribution in [0.25, 0.3) is 0 Å². The van der Waals surface area contributed by atoms with Crippen molar-refractivity contribution in [1.82, 2.24) is 5.32 Å². The zero-order valence-corrected chi connectivity index (χ0v) is 11.5. The van der Waals surface area contributed by atoms with E-state index < -0.39 is 5.97 Å². The number of carboxylic acid groups (broad SMARTS) is 1. The summed E-state index contributed by atoms with van der Waals surface area (Å²) in [5.74, 6) is -0.0773. The van der Waals surface area contributed by atoms with E-state index in [0.717, 1.165) is 19.3 Å². The summed E-state index contributed by atoms with van der Waals surface area (Å²) in [6.45, 7) is 2.58. The number of hydrogen-bond donors (Lipinski definition) is 2. The van der Waals surface area contributed by atoms with Gasteiger partial charge in [0.25, 0.3) is 0 Å². The highest BCUT2D eigenvalue weighted by atomic mass is 32.2. The van der Waals surface area contributed by atoms with E-state index in [1.807, 2.05) is 0 Å². The van der Waals surface area contributed by atoms with Crippen molar-refractivity contribution in [2.24, 2.45) is 0 Å². The smallest absolute Gasteiger partial charge is 0.313 e. The summed E-state index contributed by atoms with van der Waals surface area (Å²) in [5.41, 5.74) is 0. The maximum Gasteiger partial charge on any atom is 0.313 e. The van der Waals surface area contributed by atoms with E-state index in [1.165, 1.54) is 11.8 Å². The average molecular weight is 275 g/mol. The van der Waals surface area contributed by atoms with Gasteiger partial charge < -0.3 is 15.2 Å². The Kier molecular flexibility index (Phi) is 7.12. The molecule has 1 fully saturated rings. The summed E-state index contributed by atoms with van der Waals surface area (Å²) in [5, 5.41) is 11.2. The fraction of sp³-hybridized carbons (Fsp3) is 0.833. The van der Waals surface area contributed by atoms with Gasteiger partial charge in [0.15, 0.2) is 0 Å². The first-order valence-electron chi connectivity index (χ1n) is 6.29. The monoisotopic (exact) mass is 275 g/mol. The second-order valence-corrected chi connectivity index (χ2v) is 5.59. The number of nitrogens with one attached hydrogen (secondary N) is 1. The molecule has 0 aromatic rings. The van der Waals surface area contributed by atoms with Crippen LogP contribution < -0.4 is 5.32 Å². The minimum atomic E-state index is -0.821. The molecule has 0 saturated carbocycles. The first-order valence-corrected chi connectivity index (χ1v) is 7.45. The minimum Gasteiger partial charge on any atom is -0.481 e. The molecule has 6 heteroatoms. The molecule has 5 nitrogen and oxygen atoms in total. The summed E-state index contributed by atoms with van der Waals surface area (Å²) >= 11 is 1.31. The third-order valence-electron chi connectivity index (χ3n) is 2.81. The molecule has 2 unspecified atom stereocenters. The van der Waals surface area contributed by atoms with Crippen LogP contribution in [0.15, 0.2) is 0 Å². The highest BCUT2D eigenvalue weighted by molar-refractivity contribution is 7.99. The number of carbonyl (C=O) groups excluding carboxylic acids is 1. The van der Waals surface area contributed by atoms with Crippen LogP contribution in [0, 0.1) is 0 Å². The molecule has 1 heterocycles. The van der Waals surface area contributed by atoms with Gasteiger partial charge in [0, 0.05) is 18.7 Å². The van der Waals surface area contributed by atoms with Crippen LogP contribution in [-0.2, 0) is 14.3 Å². The Hall–Kier alpha value is -0.750. The summed E-state index contributed by atoms with van der Waals surface area (Å²) in [6, 6.07) is 0. The number of carboxylic acids is 1. The first-order chi connectivity index (χ1) is 8.58. The van der Waals surface area contributed by atoms with Gasteiger partial charge in [-0.05, 0) is 26.2 Å². The van der Waals surface area contributed by atoms with Gasteiger partial charge in [-0.3, -0.25) is 9.59 Å². The van der Waals surface area contributed by atoms with Crippen LogP contribution >= 0.6 is 11.8 Å². The fourth-order valence-electron chi connectivity index (χ4n) is 1.90. The fourth-order valence-corrected chi connectivity index (χ4v) is 2.47. The molecule has 1 amide bonds. The van der Waals surface area contributed by atoms with E-state index in [4.69, 9.17) is 9.84 Å². The lowest BCUT2D eigenvalue weighted by atomic mass is 10.1. The molecule has 1 aliphatic rings. The second-order valence-electron chi connectivity index (χ2n) is 4.48. The molecule has 0 aromatic carbocycles. The van der Waals surface area contributed by atoms with Crippen LogP contribution in [0.2, 0.25) is 0 Å². The van der Waals surface area contributed by atoms with Crippen molar-refractivity contribution < 1.29 is 19.4 Å². The van der Waals surface area contributed by atoms with Crippen molar-refractivity contribution in [3.63, 3.8) is 0 Å². The zero-order valence-electron chi connectivity index (χ0n) is 10.7. The third-order valence-corrected chi connectivity index (χ3v) is 3.75. The second kappa shape index (κ2) is 8.37. The van der Waals surface area contributed by atoms with Crippen molar-refractivity contribution in [2.75, 3.05) is 18.1 Å². The Bertz CT molecular complexity index is 285. The van der Waals surface area contributed by atoms with Gasteiger partial charge in [-0.25, -0.2) is 0 Å². The average Bonchev–Trinajstić information content (AvgIpc) is 2.71. The van der Waals surface area contributed by atoms with E-state index in [1.54, 1.807) is 0 Å². The molecule has 2 N–H and O–H groups in total. The predicted molar refractivity (Wildman–Crippen MR) is 70.8 cm³/mol. The number of amides is 1. The summed E-state index contributed by atoms with van der Waals surface area (Å²) in [6.07, 6.45) is 3.94. The minimum absolute atomic E-state index is 0.0223. The number of carbonyl (C=O) groups is 2. The number of hydrogen-bond acceptors (Lipinski definition) is 4. The van der Waals surface area contributed by atoms with Gasteiger partial charge in [-0.2, -0.15) is 0 Å². The predicted octanol–water partition coefficient (Wildman–Crippen LogP) is 1.27. The van der Waals surface area contributed by atoms with Crippen molar-refractivity contribution in [1.29, 1.82) is 0 Å². The quantitative estimate of drug-likeness (QED) is 0.652. The summed E-state index contributed by atoms with van der Waals surface area (Å²) < 4.78 is 5.63. The third kappa shape index (κ3) is 6.86. The topological polar surface area (TPSA) is 75.6 Å². The molecule has 0 aromatic heterocycles.